The molecule has 9 heteroatoms. The van der Waals surface area contributed by atoms with Gasteiger partial charge in [-0.25, -0.2) is 0 Å². The van der Waals surface area contributed by atoms with E-state index in [2.05, 4.69) is 10.6 Å². The van der Waals surface area contributed by atoms with Crippen LogP contribution in [0.15, 0.2) is 18.2 Å². The van der Waals surface area contributed by atoms with Crippen LogP contribution >= 0.6 is 0 Å². The number of carbonyl (C=O) groups is 1. The summed E-state index contributed by atoms with van der Waals surface area (Å²) in [7, 11) is 0. The fraction of sp³-hybridized carbons (Fsp3) is 0.611. The van der Waals surface area contributed by atoms with Crippen molar-refractivity contribution >= 4 is 17.3 Å². The van der Waals surface area contributed by atoms with Crippen molar-refractivity contribution in [2.75, 3.05) is 62.7 Å². The van der Waals surface area contributed by atoms with Gasteiger partial charge in [-0.3, -0.25) is 9.69 Å². The Hall–Kier alpha value is -1.84. The SMILES string of the molecule is C[C@@H]1CNCCN1CC(=O)Nc1cc(C(F)(F)F)ccc1N1CCOCC1. The molecule has 0 aliphatic carbocycles. The molecular weight excluding hydrogens is 361 g/mol. The number of hydrogen-bond acceptors (Lipinski definition) is 5. The third-order valence-corrected chi connectivity index (χ3v) is 4.94. The number of alkyl halides is 3. The summed E-state index contributed by atoms with van der Waals surface area (Å²) in [6.45, 7) is 6.64. The van der Waals surface area contributed by atoms with E-state index in [4.69, 9.17) is 4.74 Å². The highest BCUT2D eigenvalue weighted by molar-refractivity contribution is 5.96. The maximum atomic E-state index is 13.1. The Kier molecular flexibility index (Phi) is 6.23. The molecular formula is C18H25F3N4O2. The van der Waals surface area contributed by atoms with Crippen LogP contribution in [0.4, 0.5) is 24.5 Å². The maximum absolute atomic E-state index is 13.1. The van der Waals surface area contributed by atoms with Crippen LogP contribution in [0.3, 0.4) is 0 Å². The molecule has 1 aromatic carbocycles. The first-order chi connectivity index (χ1) is 12.8. The molecule has 0 unspecified atom stereocenters. The van der Waals surface area contributed by atoms with E-state index in [9.17, 15) is 18.0 Å². The number of ether oxygens (including phenoxy) is 1. The third-order valence-electron chi connectivity index (χ3n) is 4.94. The van der Waals surface area contributed by atoms with Crippen molar-refractivity contribution in [3.05, 3.63) is 23.8 Å². The summed E-state index contributed by atoms with van der Waals surface area (Å²) < 4.78 is 44.7. The average molecular weight is 386 g/mol. The fourth-order valence-corrected chi connectivity index (χ4v) is 3.38. The number of anilines is 2. The Balaban J connectivity index is 1.78. The van der Waals surface area contributed by atoms with Crippen molar-refractivity contribution in [2.45, 2.75) is 19.1 Å². The molecule has 2 saturated heterocycles. The minimum atomic E-state index is -4.46. The molecule has 2 aliphatic heterocycles. The second-order valence-corrected chi connectivity index (χ2v) is 6.90. The molecule has 1 amide bonds. The fourth-order valence-electron chi connectivity index (χ4n) is 3.38. The van der Waals surface area contributed by atoms with Crippen molar-refractivity contribution in [3.8, 4) is 0 Å². The van der Waals surface area contributed by atoms with Gasteiger partial charge in [0.25, 0.3) is 0 Å². The molecule has 0 radical (unpaired) electrons. The van der Waals surface area contributed by atoms with Gasteiger partial charge in [-0.15, -0.1) is 0 Å². The maximum Gasteiger partial charge on any atom is 0.416 e. The Labute approximate surface area is 156 Å². The molecule has 1 atom stereocenters. The van der Waals surface area contributed by atoms with Gasteiger partial charge in [0.2, 0.25) is 5.91 Å². The Bertz CT molecular complexity index is 662. The number of rotatable bonds is 4. The van der Waals surface area contributed by atoms with Crippen molar-refractivity contribution in [1.29, 1.82) is 0 Å². The van der Waals surface area contributed by atoms with Gasteiger partial charge in [0.05, 0.1) is 36.7 Å². The third kappa shape index (κ3) is 5.12. The van der Waals surface area contributed by atoms with E-state index in [0.29, 0.717) is 32.0 Å². The number of piperazine rings is 1. The van der Waals surface area contributed by atoms with Crippen molar-refractivity contribution in [1.82, 2.24) is 10.2 Å². The van der Waals surface area contributed by atoms with Crippen LogP contribution in [0.2, 0.25) is 0 Å². The Morgan fingerprint density at radius 2 is 2.04 bits per heavy atom. The number of halogens is 3. The second-order valence-electron chi connectivity index (χ2n) is 6.90. The minimum absolute atomic E-state index is 0.154. The monoisotopic (exact) mass is 386 g/mol. The number of carbonyl (C=O) groups excluding carboxylic acids is 1. The van der Waals surface area contributed by atoms with E-state index >= 15 is 0 Å². The van der Waals surface area contributed by atoms with Crippen LogP contribution in [-0.2, 0) is 15.7 Å². The van der Waals surface area contributed by atoms with Gasteiger partial charge >= 0.3 is 6.18 Å². The molecule has 150 valence electrons. The van der Waals surface area contributed by atoms with E-state index < -0.39 is 11.7 Å². The molecule has 0 aromatic heterocycles. The van der Waals surface area contributed by atoms with E-state index in [-0.39, 0.29) is 24.2 Å². The Morgan fingerprint density at radius 3 is 2.70 bits per heavy atom. The highest BCUT2D eigenvalue weighted by atomic mass is 19.4. The molecule has 2 aliphatic rings. The van der Waals surface area contributed by atoms with E-state index in [1.165, 1.54) is 6.07 Å². The standard InChI is InChI=1S/C18H25F3N4O2/c1-13-11-22-4-5-25(13)12-17(26)23-15-10-14(18(19,20)21)2-3-16(15)24-6-8-27-9-7-24/h2-3,10,13,22H,4-9,11-12H2,1H3,(H,23,26)/t13-/m1/s1. The molecule has 3 rings (SSSR count). The summed E-state index contributed by atoms with van der Waals surface area (Å²) in [5.41, 5.74) is 0.0119. The van der Waals surface area contributed by atoms with E-state index in [1.807, 2.05) is 16.7 Å². The molecule has 0 saturated carbocycles. The molecule has 27 heavy (non-hydrogen) atoms. The summed E-state index contributed by atoms with van der Waals surface area (Å²) >= 11 is 0. The average Bonchev–Trinajstić information content (AvgIpc) is 2.63. The zero-order valence-corrected chi connectivity index (χ0v) is 15.3. The first-order valence-corrected chi connectivity index (χ1v) is 9.13. The topological polar surface area (TPSA) is 56.8 Å². The van der Waals surface area contributed by atoms with Crippen LogP contribution in [0.1, 0.15) is 12.5 Å². The van der Waals surface area contributed by atoms with Crippen LogP contribution in [0.5, 0.6) is 0 Å². The lowest BCUT2D eigenvalue weighted by Crippen LogP contribution is -2.52. The summed E-state index contributed by atoms with van der Waals surface area (Å²) in [5, 5.41) is 5.95. The van der Waals surface area contributed by atoms with Crippen molar-refractivity contribution in [2.24, 2.45) is 0 Å². The van der Waals surface area contributed by atoms with Crippen molar-refractivity contribution in [3.63, 3.8) is 0 Å². The summed E-state index contributed by atoms with van der Waals surface area (Å²) in [6.07, 6.45) is -4.46. The highest BCUT2D eigenvalue weighted by Gasteiger charge is 2.32. The van der Waals surface area contributed by atoms with Crippen LogP contribution in [-0.4, -0.2) is 69.3 Å². The molecule has 0 spiro atoms. The van der Waals surface area contributed by atoms with Crippen molar-refractivity contribution < 1.29 is 22.7 Å². The lowest BCUT2D eigenvalue weighted by atomic mass is 10.1. The number of morpholine rings is 1. The van der Waals surface area contributed by atoms with Gasteiger partial charge in [-0.1, -0.05) is 0 Å². The van der Waals surface area contributed by atoms with Crippen LogP contribution in [0.25, 0.3) is 0 Å². The first kappa shape index (κ1) is 19.9. The number of hydrogen-bond donors (Lipinski definition) is 2. The summed E-state index contributed by atoms with van der Waals surface area (Å²) in [5.74, 6) is -0.308. The normalized spacial score (nSPS) is 21.9. The number of nitrogens with one attached hydrogen (secondary N) is 2. The molecule has 2 heterocycles. The van der Waals surface area contributed by atoms with E-state index in [1.54, 1.807) is 0 Å². The first-order valence-electron chi connectivity index (χ1n) is 9.13. The number of benzene rings is 1. The second kappa shape index (κ2) is 8.45. The predicted octanol–water partition coefficient (Wildman–Crippen LogP) is 1.77. The quantitative estimate of drug-likeness (QED) is 0.826. The summed E-state index contributed by atoms with van der Waals surface area (Å²) in [6, 6.07) is 3.70. The van der Waals surface area contributed by atoms with Gasteiger partial charge in [0.15, 0.2) is 0 Å². The van der Waals surface area contributed by atoms with Crippen LogP contribution < -0.4 is 15.5 Å². The molecule has 2 fully saturated rings. The number of amides is 1. The Morgan fingerprint density at radius 1 is 1.30 bits per heavy atom. The lowest BCUT2D eigenvalue weighted by Gasteiger charge is -2.34. The largest absolute Gasteiger partial charge is 0.416 e. The lowest BCUT2D eigenvalue weighted by molar-refractivity contribution is -0.137. The van der Waals surface area contributed by atoms with Gasteiger partial charge in [0.1, 0.15) is 0 Å². The molecule has 1 aromatic rings. The van der Waals surface area contributed by atoms with Gasteiger partial charge < -0.3 is 20.3 Å². The highest BCUT2D eigenvalue weighted by Crippen LogP contribution is 2.35. The summed E-state index contributed by atoms with van der Waals surface area (Å²) in [4.78, 5) is 16.5. The molecule has 6 nitrogen and oxygen atoms in total. The van der Waals surface area contributed by atoms with Crippen LogP contribution in [0, 0.1) is 0 Å². The minimum Gasteiger partial charge on any atom is -0.378 e. The van der Waals surface area contributed by atoms with E-state index in [0.717, 1.165) is 31.8 Å². The zero-order valence-electron chi connectivity index (χ0n) is 15.3. The van der Waals surface area contributed by atoms with Gasteiger partial charge in [-0.2, -0.15) is 13.2 Å². The zero-order chi connectivity index (χ0) is 19.4. The number of nitrogens with zero attached hydrogens (tertiary/aromatic N) is 2. The molecule has 2 N–H and O–H groups in total. The van der Waals surface area contributed by atoms with Gasteiger partial charge in [0, 0.05) is 38.8 Å². The van der Waals surface area contributed by atoms with Gasteiger partial charge in [-0.05, 0) is 25.1 Å². The smallest absolute Gasteiger partial charge is 0.378 e. The molecule has 0 bridgehead atoms. The predicted molar refractivity (Wildman–Crippen MR) is 97.0 cm³/mol.